The van der Waals surface area contributed by atoms with Crippen molar-refractivity contribution < 1.29 is 19.4 Å². The van der Waals surface area contributed by atoms with Crippen molar-refractivity contribution in [2.45, 2.75) is 46.3 Å². The van der Waals surface area contributed by atoms with Crippen molar-refractivity contribution in [3.05, 3.63) is 44.0 Å². The first-order valence-corrected chi connectivity index (χ1v) is 8.35. The minimum Gasteiger partial charge on any atom is -0.444 e. The number of rotatable bonds is 3. The standard InChI is InChI=1S/C18H23N3O6/c1-9-6-11-13(7-10(9)2)21(16(25)14(23)19-11)15(24)12(8-22)20-17(26)27-18(3,4)5/h6-7,12,22H,8H2,1-5H3,(H,19,23)(H,20,26)/t12-/m0/s1. The second kappa shape index (κ2) is 7.36. The Morgan fingerprint density at radius 1 is 1.22 bits per heavy atom. The molecular weight excluding hydrogens is 354 g/mol. The Bertz CT molecular complexity index is 1010. The summed E-state index contributed by atoms with van der Waals surface area (Å²) in [6.07, 6.45) is -0.927. The van der Waals surface area contributed by atoms with Crippen LogP contribution in [0.5, 0.6) is 0 Å². The van der Waals surface area contributed by atoms with E-state index in [4.69, 9.17) is 4.74 Å². The lowest BCUT2D eigenvalue weighted by atomic mass is 10.1. The quantitative estimate of drug-likeness (QED) is 0.679. The topological polar surface area (TPSA) is 130 Å². The Balaban J connectivity index is 2.53. The second-order valence-corrected chi connectivity index (χ2v) is 7.27. The number of nitrogens with zero attached hydrogens (tertiary/aromatic N) is 1. The molecule has 1 aromatic heterocycles. The number of aromatic nitrogens is 2. The number of hydrogen-bond acceptors (Lipinski definition) is 6. The van der Waals surface area contributed by atoms with Gasteiger partial charge in [0.05, 0.1) is 17.6 Å². The van der Waals surface area contributed by atoms with Gasteiger partial charge in [0, 0.05) is 0 Å². The zero-order valence-corrected chi connectivity index (χ0v) is 15.9. The molecule has 2 aromatic rings. The van der Waals surface area contributed by atoms with Crippen LogP contribution in [0.2, 0.25) is 0 Å². The van der Waals surface area contributed by atoms with Crippen LogP contribution < -0.4 is 16.4 Å². The fourth-order valence-electron chi connectivity index (χ4n) is 2.48. The molecule has 27 heavy (non-hydrogen) atoms. The van der Waals surface area contributed by atoms with Gasteiger partial charge >= 0.3 is 17.2 Å². The first kappa shape index (κ1) is 20.4. The molecule has 1 heterocycles. The molecule has 0 unspecified atom stereocenters. The van der Waals surface area contributed by atoms with Gasteiger partial charge in [-0.05, 0) is 57.9 Å². The lowest BCUT2D eigenvalue weighted by Crippen LogP contribution is -2.51. The Morgan fingerprint density at radius 3 is 2.37 bits per heavy atom. The molecule has 0 saturated carbocycles. The molecule has 9 nitrogen and oxygen atoms in total. The van der Waals surface area contributed by atoms with Crippen molar-refractivity contribution >= 4 is 23.0 Å². The van der Waals surface area contributed by atoms with Crippen LogP contribution in [0.25, 0.3) is 11.0 Å². The van der Waals surface area contributed by atoms with E-state index in [1.54, 1.807) is 39.8 Å². The molecule has 146 valence electrons. The molecule has 0 fully saturated rings. The normalized spacial score (nSPS) is 12.7. The van der Waals surface area contributed by atoms with Crippen LogP contribution in [0, 0.1) is 13.8 Å². The molecular formula is C18H23N3O6. The molecule has 0 saturated heterocycles. The number of aryl methyl sites for hydroxylation is 2. The molecule has 1 atom stereocenters. The van der Waals surface area contributed by atoms with E-state index in [-0.39, 0.29) is 5.52 Å². The van der Waals surface area contributed by atoms with Gasteiger partial charge in [-0.2, -0.15) is 0 Å². The molecule has 0 aliphatic rings. The van der Waals surface area contributed by atoms with Crippen molar-refractivity contribution in [2.24, 2.45) is 0 Å². The van der Waals surface area contributed by atoms with Crippen LogP contribution >= 0.6 is 0 Å². The summed E-state index contributed by atoms with van der Waals surface area (Å²) < 4.78 is 5.73. The van der Waals surface area contributed by atoms with Gasteiger partial charge in [0.2, 0.25) is 0 Å². The first-order valence-electron chi connectivity index (χ1n) is 8.35. The predicted molar refractivity (Wildman–Crippen MR) is 99.2 cm³/mol. The number of ether oxygens (including phenoxy) is 1. The summed E-state index contributed by atoms with van der Waals surface area (Å²) in [5, 5.41) is 11.8. The fourth-order valence-corrected chi connectivity index (χ4v) is 2.48. The largest absolute Gasteiger partial charge is 0.444 e. The number of benzene rings is 1. The van der Waals surface area contributed by atoms with Crippen LogP contribution in [0.15, 0.2) is 21.7 Å². The number of aliphatic hydroxyl groups is 1. The van der Waals surface area contributed by atoms with E-state index in [0.717, 1.165) is 11.1 Å². The molecule has 1 aromatic carbocycles. The number of aliphatic hydroxyl groups excluding tert-OH is 1. The summed E-state index contributed by atoms with van der Waals surface area (Å²) in [5.74, 6) is -0.937. The SMILES string of the molecule is Cc1cc2[nH]c(=O)c(=O)n(C(=O)[C@H](CO)NC(=O)OC(C)(C)C)c2cc1C. The number of carbonyl (C=O) groups is 2. The molecule has 2 rings (SSSR count). The number of nitrogens with one attached hydrogen (secondary N) is 2. The highest BCUT2D eigenvalue weighted by Crippen LogP contribution is 2.16. The number of aromatic amines is 1. The average molecular weight is 377 g/mol. The van der Waals surface area contributed by atoms with E-state index in [0.29, 0.717) is 10.1 Å². The van der Waals surface area contributed by atoms with E-state index >= 15 is 0 Å². The highest BCUT2D eigenvalue weighted by Gasteiger charge is 2.27. The number of H-pyrrole nitrogens is 1. The smallest absolute Gasteiger partial charge is 0.408 e. The number of alkyl carbamates (subject to hydrolysis) is 1. The Hall–Kier alpha value is -2.94. The highest BCUT2D eigenvalue weighted by atomic mass is 16.6. The lowest BCUT2D eigenvalue weighted by Gasteiger charge is -2.22. The van der Waals surface area contributed by atoms with Gasteiger partial charge in [-0.1, -0.05) is 0 Å². The molecule has 1 amide bonds. The van der Waals surface area contributed by atoms with Crippen LogP contribution in [-0.4, -0.2) is 44.9 Å². The molecule has 0 bridgehead atoms. The minimum absolute atomic E-state index is 0.178. The van der Waals surface area contributed by atoms with Gasteiger partial charge in [0.15, 0.2) is 0 Å². The molecule has 0 spiro atoms. The van der Waals surface area contributed by atoms with Crippen molar-refractivity contribution in [3.63, 3.8) is 0 Å². The maximum atomic E-state index is 12.8. The molecule has 9 heteroatoms. The van der Waals surface area contributed by atoms with Crippen LogP contribution in [-0.2, 0) is 4.74 Å². The van der Waals surface area contributed by atoms with Crippen LogP contribution in [0.4, 0.5) is 4.79 Å². The number of amides is 1. The van der Waals surface area contributed by atoms with Crippen molar-refractivity contribution in [1.29, 1.82) is 0 Å². The first-order chi connectivity index (χ1) is 12.4. The summed E-state index contributed by atoms with van der Waals surface area (Å²) in [6, 6.07) is 1.77. The summed E-state index contributed by atoms with van der Waals surface area (Å²) in [4.78, 5) is 51.5. The number of hydrogen-bond donors (Lipinski definition) is 3. The molecule has 0 aliphatic carbocycles. The zero-order valence-electron chi connectivity index (χ0n) is 15.9. The fraction of sp³-hybridized carbons (Fsp3) is 0.444. The number of fused-ring (bicyclic) bond motifs is 1. The third kappa shape index (κ3) is 4.43. The minimum atomic E-state index is -1.45. The van der Waals surface area contributed by atoms with Crippen LogP contribution in [0.3, 0.4) is 0 Å². The van der Waals surface area contributed by atoms with E-state index < -0.39 is 41.4 Å². The molecule has 0 radical (unpaired) electrons. The zero-order chi connectivity index (χ0) is 20.5. The highest BCUT2D eigenvalue weighted by molar-refractivity contribution is 5.94. The maximum Gasteiger partial charge on any atom is 0.408 e. The third-order valence-corrected chi connectivity index (χ3v) is 3.89. The Labute approximate surface area is 155 Å². The van der Waals surface area contributed by atoms with Crippen molar-refractivity contribution in [2.75, 3.05) is 6.61 Å². The van der Waals surface area contributed by atoms with E-state index in [2.05, 4.69) is 10.3 Å². The van der Waals surface area contributed by atoms with E-state index in [9.17, 15) is 24.3 Å². The lowest BCUT2D eigenvalue weighted by molar-refractivity contribution is 0.0455. The van der Waals surface area contributed by atoms with Gasteiger partial charge in [-0.15, -0.1) is 0 Å². The second-order valence-electron chi connectivity index (χ2n) is 7.27. The third-order valence-electron chi connectivity index (χ3n) is 3.89. The van der Waals surface area contributed by atoms with E-state index in [1.807, 2.05) is 6.92 Å². The average Bonchev–Trinajstić information content (AvgIpc) is 2.54. The van der Waals surface area contributed by atoms with Gasteiger partial charge in [0.1, 0.15) is 11.6 Å². The van der Waals surface area contributed by atoms with Gasteiger partial charge in [-0.25, -0.2) is 9.36 Å². The molecule has 3 N–H and O–H groups in total. The Morgan fingerprint density at radius 2 is 1.81 bits per heavy atom. The summed E-state index contributed by atoms with van der Waals surface area (Å²) >= 11 is 0. The van der Waals surface area contributed by atoms with Gasteiger partial charge in [-0.3, -0.25) is 14.4 Å². The predicted octanol–water partition coefficient (Wildman–Crippen LogP) is 0.832. The monoisotopic (exact) mass is 377 g/mol. The van der Waals surface area contributed by atoms with Gasteiger partial charge < -0.3 is 20.1 Å². The maximum absolute atomic E-state index is 12.8. The van der Waals surface area contributed by atoms with Crippen molar-refractivity contribution in [1.82, 2.24) is 14.9 Å². The summed E-state index contributed by atoms with van der Waals surface area (Å²) in [7, 11) is 0. The van der Waals surface area contributed by atoms with Gasteiger partial charge in [0.25, 0.3) is 5.91 Å². The van der Waals surface area contributed by atoms with Crippen LogP contribution in [0.1, 0.15) is 36.7 Å². The Kier molecular flexibility index (Phi) is 5.55. The van der Waals surface area contributed by atoms with E-state index in [1.165, 1.54) is 0 Å². The molecule has 0 aliphatic heterocycles. The summed E-state index contributed by atoms with van der Waals surface area (Å²) in [5.41, 5.74) is -0.747. The summed E-state index contributed by atoms with van der Waals surface area (Å²) in [6.45, 7) is 7.77. The van der Waals surface area contributed by atoms with Crippen molar-refractivity contribution in [3.8, 4) is 0 Å². The number of carbonyl (C=O) groups excluding carboxylic acids is 2.